The zero-order valence-corrected chi connectivity index (χ0v) is 7.61. The number of hydrogen-bond donors (Lipinski definition) is 0. The van der Waals surface area contributed by atoms with Crippen LogP contribution in [0.2, 0.25) is 0 Å². The molecule has 0 spiro atoms. The van der Waals surface area contributed by atoms with Gasteiger partial charge in [0.2, 0.25) is 0 Å². The van der Waals surface area contributed by atoms with Crippen molar-refractivity contribution in [1.82, 2.24) is 9.97 Å². The topological polar surface area (TPSA) is 35.0 Å². The average Bonchev–Trinajstić information content (AvgIpc) is 2.17. The average molecular weight is 174 g/mol. The van der Waals surface area contributed by atoms with E-state index in [0.717, 1.165) is 22.2 Å². The fourth-order valence-electron chi connectivity index (χ4n) is 1.30. The van der Waals surface area contributed by atoms with Gasteiger partial charge in [0.1, 0.15) is 5.75 Å². The number of fused-ring (bicyclic) bond motifs is 1. The van der Waals surface area contributed by atoms with Gasteiger partial charge < -0.3 is 4.74 Å². The van der Waals surface area contributed by atoms with Gasteiger partial charge in [-0.2, -0.15) is 0 Å². The van der Waals surface area contributed by atoms with Crippen molar-refractivity contribution in [2.24, 2.45) is 0 Å². The fourth-order valence-corrected chi connectivity index (χ4v) is 1.30. The highest BCUT2D eigenvalue weighted by Crippen LogP contribution is 2.23. The standard InChI is InChI=1S/C10H10N2O/c1-7-3-9-8(5-12-7)4-11-6-10(9)13-2/h3-6H,1-2H3. The van der Waals surface area contributed by atoms with Crippen molar-refractivity contribution in [3.8, 4) is 5.75 Å². The van der Waals surface area contributed by atoms with E-state index < -0.39 is 0 Å². The first-order chi connectivity index (χ1) is 6.31. The third kappa shape index (κ3) is 1.33. The molecule has 0 amide bonds. The van der Waals surface area contributed by atoms with Gasteiger partial charge in [0.05, 0.1) is 13.3 Å². The summed E-state index contributed by atoms with van der Waals surface area (Å²) in [6.07, 6.45) is 5.30. The monoisotopic (exact) mass is 174 g/mol. The Kier molecular flexibility index (Phi) is 1.85. The number of methoxy groups -OCH3 is 1. The number of hydrogen-bond acceptors (Lipinski definition) is 3. The lowest BCUT2D eigenvalue weighted by Crippen LogP contribution is -1.88. The summed E-state index contributed by atoms with van der Waals surface area (Å²) in [5, 5.41) is 2.06. The molecular weight excluding hydrogens is 164 g/mol. The molecule has 0 aliphatic carbocycles. The molecule has 66 valence electrons. The molecule has 0 unspecified atom stereocenters. The van der Waals surface area contributed by atoms with Crippen molar-refractivity contribution in [1.29, 1.82) is 0 Å². The van der Waals surface area contributed by atoms with Crippen LogP contribution in [0.5, 0.6) is 5.75 Å². The van der Waals surface area contributed by atoms with Gasteiger partial charge in [0.15, 0.2) is 0 Å². The van der Waals surface area contributed by atoms with Crippen LogP contribution in [0.4, 0.5) is 0 Å². The van der Waals surface area contributed by atoms with Crippen molar-refractivity contribution >= 4 is 10.8 Å². The predicted octanol–water partition coefficient (Wildman–Crippen LogP) is 1.95. The SMILES string of the molecule is COc1cncc2cnc(C)cc12. The van der Waals surface area contributed by atoms with Crippen LogP contribution in [-0.2, 0) is 0 Å². The summed E-state index contributed by atoms with van der Waals surface area (Å²) in [4.78, 5) is 8.24. The number of aromatic nitrogens is 2. The lowest BCUT2D eigenvalue weighted by molar-refractivity contribution is 0.418. The van der Waals surface area contributed by atoms with Crippen LogP contribution in [-0.4, -0.2) is 17.1 Å². The van der Waals surface area contributed by atoms with E-state index in [0.29, 0.717) is 0 Å². The van der Waals surface area contributed by atoms with Crippen LogP contribution in [0.3, 0.4) is 0 Å². The first-order valence-electron chi connectivity index (χ1n) is 4.05. The van der Waals surface area contributed by atoms with E-state index in [1.807, 2.05) is 13.0 Å². The zero-order valence-electron chi connectivity index (χ0n) is 7.61. The number of pyridine rings is 2. The van der Waals surface area contributed by atoms with Gasteiger partial charge >= 0.3 is 0 Å². The molecule has 0 atom stereocenters. The third-order valence-electron chi connectivity index (χ3n) is 1.96. The minimum Gasteiger partial charge on any atom is -0.494 e. The van der Waals surface area contributed by atoms with Crippen LogP contribution in [0.25, 0.3) is 10.8 Å². The Morgan fingerprint density at radius 3 is 2.85 bits per heavy atom. The van der Waals surface area contributed by atoms with E-state index in [9.17, 15) is 0 Å². The zero-order chi connectivity index (χ0) is 9.26. The van der Waals surface area contributed by atoms with E-state index in [-0.39, 0.29) is 0 Å². The largest absolute Gasteiger partial charge is 0.494 e. The Bertz CT molecular complexity index is 440. The van der Waals surface area contributed by atoms with Gasteiger partial charge in [-0.15, -0.1) is 0 Å². The third-order valence-corrected chi connectivity index (χ3v) is 1.96. The number of aryl methyl sites for hydroxylation is 1. The number of ether oxygens (including phenoxy) is 1. The molecule has 3 nitrogen and oxygen atoms in total. The minimum absolute atomic E-state index is 0.794. The lowest BCUT2D eigenvalue weighted by atomic mass is 10.2. The molecule has 2 aromatic heterocycles. The van der Waals surface area contributed by atoms with Gasteiger partial charge in [-0.25, -0.2) is 0 Å². The second-order valence-electron chi connectivity index (χ2n) is 2.89. The molecule has 2 aromatic rings. The summed E-state index contributed by atoms with van der Waals surface area (Å²) < 4.78 is 5.19. The fraction of sp³-hybridized carbons (Fsp3) is 0.200. The van der Waals surface area contributed by atoms with E-state index in [2.05, 4.69) is 9.97 Å². The van der Waals surface area contributed by atoms with E-state index in [1.54, 1.807) is 25.7 Å². The Morgan fingerprint density at radius 2 is 2.08 bits per heavy atom. The molecule has 0 saturated heterocycles. The van der Waals surface area contributed by atoms with Gasteiger partial charge in [0.25, 0.3) is 0 Å². The van der Waals surface area contributed by atoms with Crippen molar-refractivity contribution in [3.63, 3.8) is 0 Å². The summed E-state index contributed by atoms with van der Waals surface area (Å²) in [7, 11) is 1.65. The summed E-state index contributed by atoms with van der Waals surface area (Å²) in [6, 6.07) is 2.00. The van der Waals surface area contributed by atoms with Crippen LogP contribution in [0, 0.1) is 6.92 Å². The van der Waals surface area contributed by atoms with Crippen LogP contribution in [0.1, 0.15) is 5.69 Å². The molecule has 0 fully saturated rings. The molecule has 0 saturated carbocycles. The Morgan fingerprint density at radius 1 is 1.23 bits per heavy atom. The number of rotatable bonds is 1. The molecule has 2 heterocycles. The van der Waals surface area contributed by atoms with Gasteiger partial charge in [-0.3, -0.25) is 9.97 Å². The predicted molar refractivity (Wildman–Crippen MR) is 50.8 cm³/mol. The second-order valence-corrected chi connectivity index (χ2v) is 2.89. The second kappa shape index (κ2) is 3.01. The normalized spacial score (nSPS) is 10.3. The summed E-state index contributed by atoms with van der Waals surface area (Å²) in [5.41, 5.74) is 0.983. The Balaban J connectivity index is 2.79. The molecular formula is C10H10N2O. The van der Waals surface area contributed by atoms with Crippen molar-refractivity contribution in [2.75, 3.05) is 7.11 Å². The minimum atomic E-state index is 0.794. The van der Waals surface area contributed by atoms with E-state index in [1.165, 1.54) is 0 Å². The molecule has 0 N–H and O–H groups in total. The highest BCUT2D eigenvalue weighted by Gasteiger charge is 2.01. The molecule has 0 aliphatic rings. The van der Waals surface area contributed by atoms with Crippen LogP contribution in [0.15, 0.2) is 24.7 Å². The maximum Gasteiger partial charge on any atom is 0.145 e. The molecule has 13 heavy (non-hydrogen) atoms. The smallest absolute Gasteiger partial charge is 0.145 e. The molecule has 0 aliphatic heterocycles. The van der Waals surface area contributed by atoms with Gasteiger partial charge in [0, 0.05) is 28.9 Å². The molecule has 0 aromatic carbocycles. The van der Waals surface area contributed by atoms with Crippen LogP contribution < -0.4 is 4.74 Å². The van der Waals surface area contributed by atoms with Crippen molar-refractivity contribution in [3.05, 3.63) is 30.4 Å². The molecule has 2 rings (SSSR count). The van der Waals surface area contributed by atoms with E-state index >= 15 is 0 Å². The summed E-state index contributed by atoms with van der Waals surface area (Å²) in [5.74, 6) is 0.794. The highest BCUT2D eigenvalue weighted by molar-refractivity contribution is 5.86. The number of nitrogens with zero attached hydrogens (tertiary/aromatic N) is 2. The summed E-state index contributed by atoms with van der Waals surface area (Å²) in [6.45, 7) is 1.96. The first-order valence-corrected chi connectivity index (χ1v) is 4.05. The van der Waals surface area contributed by atoms with Gasteiger partial charge in [-0.1, -0.05) is 0 Å². The highest BCUT2D eigenvalue weighted by atomic mass is 16.5. The molecule has 0 radical (unpaired) electrons. The van der Waals surface area contributed by atoms with E-state index in [4.69, 9.17) is 4.74 Å². The lowest BCUT2D eigenvalue weighted by Gasteiger charge is -2.03. The maximum absolute atomic E-state index is 5.19. The summed E-state index contributed by atoms with van der Waals surface area (Å²) >= 11 is 0. The quantitative estimate of drug-likeness (QED) is 0.662. The van der Waals surface area contributed by atoms with Crippen molar-refractivity contribution in [2.45, 2.75) is 6.92 Å². The van der Waals surface area contributed by atoms with Crippen LogP contribution >= 0.6 is 0 Å². The Hall–Kier alpha value is -1.64. The maximum atomic E-state index is 5.19. The van der Waals surface area contributed by atoms with Crippen molar-refractivity contribution < 1.29 is 4.74 Å². The first kappa shape index (κ1) is 7.98. The Labute approximate surface area is 76.4 Å². The molecule has 3 heteroatoms. The molecule has 0 bridgehead atoms. The van der Waals surface area contributed by atoms with Gasteiger partial charge in [-0.05, 0) is 13.0 Å².